The van der Waals surface area contributed by atoms with E-state index in [9.17, 15) is 9.90 Å². The van der Waals surface area contributed by atoms with Crippen LogP contribution in [0.2, 0.25) is 0 Å². The molecular formula is C19H21N3O2. The number of nitrogens with zero attached hydrogens (tertiary/aromatic N) is 2. The van der Waals surface area contributed by atoms with Crippen molar-refractivity contribution in [1.82, 2.24) is 0 Å². The zero-order valence-electron chi connectivity index (χ0n) is 14.1. The zero-order valence-corrected chi connectivity index (χ0v) is 14.1. The van der Waals surface area contributed by atoms with E-state index in [1.54, 1.807) is 19.3 Å². The van der Waals surface area contributed by atoms with Crippen molar-refractivity contribution in [2.24, 2.45) is 15.9 Å². The Bertz CT molecular complexity index is 806. The van der Waals surface area contributed by atoms with Gasteiger partial charge in [-0.25, -0.2) is 0 Å². The summed E-state index contributed by atoms with van der Waals surface area (Å²) in [5, 5.41) is 13.7. The van der Waals surface area contributed by atoms with Crippen molar-refractivity contribution < 1.29 is 9.90 Å². The van der Waals surface area contributed by atoms with Gasteiger partial charge in [-0.3, -0.25) is 9.79 Å². The average molecular weight is 323 g/mol. The molecule has 0 fully saturated rings. The molecule has 0 bridgehead atoms. The summed E-state index contributed by atoms with van der Waals surface area (Å²) in [4.78, 5) is 15.0. The summed E-state index contributed by atoms with van der Waals surface area (Å²) in [5.74, 6) is 5.43. The van der Waals surface area contributed by atoms with Crippen molar-refractivity contribution in [2.45, 2.75) is 20.3 Å². The molecule has 2 aromatic carbocycles. The number of carbonyl (C=O) groups is 1. The molecule has 0 spiro atoms. The van der Waals surface area contributed by atoms with E-state index in [0.29, 0.717) is 24.0 Å². The molecule has 2 rings (SSSR count). The Morgan fingerprint density at radius 1 is 1.21 bits per heavy atom. The Labute approximate surface area is 141 Å². The van der Waals surface area contributed by atoms with Gasteiger partial charge in [-0.05, 0) is 48.6 Å². The minimum absolute atomic E-state index is 0.0595. The van der Waals surface area contributed by atoms with Gasteiger partial charge in [-0.1, -0.05) is 24.3 Å². The molecule has 0 radical (unpaired) electrons. The van der Waals surface area contributed by atoms with E-state index in [4.69, 9.17) is 5.84 Å². The van der Waals surface area contributed by atoms with Gasteiger partial charge in [0.15, 0.2) is 6.29 Å². The second kappa shape index (κ2) is 7.55. The highest BCUT2D eigenvalue weighted by atomic mass is 16.3. The van der Waals surface area contributed by atoms with Gasteiger partial charge in [-0.2, -0.15) is 5.10 Å². The second-order valence-electron chi connectivity index (χ2n) is 5.62. The molecule has 5 nitrogen and oxygen atoms in total. The SMILES string of the molecule is CN=C/C(=N\N)c1ccc(Cc2cc(C=O)c(O)c(C)c2C)cc1. The number of phenols is 1. The van der Waals surface area contributed by atoms with Crippen LogP contribution < -0.4 is 5.84 Å². The molecule has 0 aliphatic carbocycles. The van der Waals surface area contributed by atoms with E-state index in [1.807, 2.05) is 38.1 Å². The van der Waals surface area contributed by atoms with Gasteiger partial charge in [0.2, 0.25) is 0 Å². The predicted molar refractivity (Wildman–Crippen MR) is 97.4 cm³/mol. The van der Waals surface area contributed by atoms with Crippen molar-refractivity contribution >= 4 is 18.2 Å². The number of rotatable bonds is 5. The standard InChI is InChI=1S/C19H21N3O2/c1-12-13(2)19(24)17(11-23)9-16(12)8-14-4-6-15(7-5-14)18(22-20)10-21-3/h4-7,9-11,24H,8,20H2,1-3H3/b21-10?,22-18+. The number of aromatic hydroxyl groups is 1. The summed E-state index contributed by atoms with van der Waals surface area (Å²) < 4.78 is 0. The number of carbonyl (C=O) groups excluding carboxylic acids is 1. The van der Waals surface area contributed by atoms with Crippen LogP contribution >= 0.6 is 0 Å². The molecule has 24 heavy (non-hydrogen) atoms. The topological polar surface area (TPSA) is 88.0 Å². The van der Waals surface area contributed by atoms with Gasteiger partial charge in [-0.15, -0.1) is 0 Å². The predicted octanol–water partition coefficient (Wildman–Crippen LogP) is 2.78. The van der Waals surface area contributed by atoms with Gasteiger partial charge in [0, 0.05) is 18.8 Å². The summed E-state index contributed by atoms with van der Waals surface area (Å²) in [7, 11) is 1.67. The van der Waals surface area contributed by atoms with Gasteiger partial charge >= 0.3 is 0 Å². The molecule has 0 atom stereocenters. The first-order valence-electron chi connectivity index (χ1n) is 7.58. The number of hydrazone groups is 1. The van der Waals surface area contributed by atoms with E-state index in [1.165, 1.54) is 0 Å². The van der Waals surface area contributed by atoms with Crippen LogP contribution in [-0.2, 0) is 6.42 Å². The number of aldehydes is 1. The molecule has 5 heteroatoms. The van der Waals surface area contributed by atoms with E-state index < -0.39 is 0 Å². The number of phenolic OH excluding ortho intramolecular Hbond substituents is 1. The van der Waals surface area contributed by atoms with Crippen LogP contribution in [0.4, 0.5) is 0 Å². The summed E-state index contributed by atoms with van der Waals surface area (Å²) in [5.41, 5.74) is 5.66. The van der Waals surface area contributed by atoms with Gasteiger partial charge < -0.3 is 10.9 Å². The van der Waals surface area contributed by atoms with Gasteiger partial charge in [0.25, 0.3) is 0 Å². The van der Waals surface area contributed by atoms with E-state index in [0.717, 1.165) is 27.8 Å². The minimum Gasteiger partial charge on any atom is -0.507 e. The van der Waals surface area contributed by atoms with Crippen LogP contribution in [0.15, 0.2) is 40.4 Å². The van der Waals surface area contributed by atoms with Crippen molar-refractivity contribution in [1.29, 1.82) is 0 Å². The lowest BCUT2D eigenvalue weighted by atomic mass is 9.93. The third kappa shape index (κ3) is 3.51. The summed E-state index contributed by atoms with van der Waals surface area (Å²) >= 11 is 0. The van der Waals surface area contributed by atoms with Gasteiger partial charge in [0.05, 0.1) is 5.56 Å². The fourth-order valence-corrected chi connectivity index (χ4v) is 2.59. The highest BCUT2D eigenvalue weighted by Crippen LogP contribution is 2.28. The van der Waals surface area contributed by atoms with Crippen LogP contribution in [0.1, 0.15) is 38.2 Å². The number of hydrogen-bond acceptors (Lipinski definition) is 5. The number of nitrogens with two attached hydrogens (primary N) is 1. The smallest absolute Gasteiger partial charge is 0.153 e. The average Bonchev–Trinajstić information content (AvgIpc) is 2.61. The third-order valence-electron chi connectivity index (χ3n) is 4.16. The van der Waals surface area contributed by atoms with Crippen molar-refractivity contribution in [3.63, 3.8) is 0 Å². The van der Waals surface area contributed by atoms with Crippen LogP contribution in [0, 0.1) is 13.8 Å². The highest BCUT2D eigenvalue weighted by Gasteiger charge is 2.12. The maximum Gasteiger partial charge on any atom is 0.153 e. The Morgan fingerprint density at radius 3 is 2.42 bits per heavy atom. The maximum absolute atomic E-state index is 11.1. The van der Waals surface area contributed by atoms with Crippen molar-refractivity contribution in [3.05, 3.63) is 63.7 Å². The molecule has 0 saturated heterocycles. The first-order chi connectivity index (χ1) is 11.5. The Kier molecular flexibility index (Phi) is 5.47. The number of aliphatic imine (C=N–C) groups is 1. The molecule has 2 aromatic rings. The summed E-state index contributed by atoms with van der Waals surface area (Å²) in [6.45, 7) is 3.77. The molecule has 0 aliphatic heterocycles. The summed E-state index contributed by atoms with van der Waals surface area (Å²) in [6, 6.07) is 9.60. The fourth-order valence-electron chi connectivity index (χ4n) is 2.59. The molecule has 124 valence electrons. The third-order valence-corrected chi connectivity index (χ3v) is 4.16. The lowest BCUT2D eigenvalue weighted by Crippen LogP contribution is -2.06. The molecule has 0 saturated carbocycles. The van der Waals surface area contributed by atoms with Crippen LogP contribution in [-0.4, -0.2) is 30.4 Å². The minimum atomic E-state index is 0.0595. The molecule has 0 amide bonds. The molecule has 0 aromatic heterocycles. The van der Waals surface area contributed by atoms with Crippen molar-refractivity contribution in [3.8, 4) is 5.75 Å². The molecule has 0 aliphatic rings. The second-order valence-corrected chi connectivity index (χ2v) is 5.62. The first kappa shape index (κ1) is 17.4. The largest absolute Gasteiger partial charge is 0.507 e. The zero-order chi connectivity index (χ0) is 17.7. The van der Waals surface area contributed by atoms with E-state index >= 15 is 0 Å². The van der Waals surface area contributed by atoms with E-state index in [-0.39, 0.29) is 5.75 Å². The molecule has 0 heterocycles. The lowest BCUT2D eigenvalue weighted by molar-refractivity contribution is 0.112. The van der Waals surface area contributed by atoms with Crippen LogP contribution in [0.3, 0.4) is 0 Å². The number of hydrogen-bond donors (Lipinski definition) is 2. The normalized spacial score (nSPS) is 11.9. The maximum atomic E-state index is 11.1. The Balaban J connectivity index is 2.33. The quantitative estimate of drug-likeness (QED) is 0.384. The molecule has 0 unspecified atom stereocenters. The molecular weight excluding hydrogens is 302 g/mol. The Hall–Kier alpha value is -2.95. The first-order valence-corrected chi connectivity index (χ1v) is 7.58. The highest BCUT2D eigenvalue weighted by molar-refractivity contribution is 6.38. The monoisotopic (exact) mass is 323 g/mol. The van der Waals surface area contributed by atoms with Crippen LogP contribution in [0.25, 0.3) is 0 Å². The number of benzene rings is 2. The molecule has 3 N–H and O–H groups in total. The lowest BCUT2D eigenvalue weighted by Gasteiger charge is -2.13. The van der Waals surface area contributed by atoms with Gasteiger partial charge in [0.1, 0.15) is 11.5 Å². The van der Waals surface area contributed by atoms with Crippen molar-refractivity contribution in [2.75, 3.05) is 7.05 Å². The Morgan fingerprint density at radius 2 is 1.88 bits per heavy atom. The summed E-state index contributed by atoms with van der Waals surface area (Å²) in [6.07, 6.45) is 2.96. The fraction of sp³-hybridized carbons (Fsp3) is 0.211. The van der Waals surface area contributed by atoms with Crippen LogP contribution in [0.5, 0.6) is 5.75 Å². The van der Waals surface area contributed by atoms with E-state index in [2.05, 4.69) is 10.1 Å².